The van der Waals surface area contributed by atoms with E-state index >= 15 is 0 Å². The van der Waals surface area contributed by atoms with Crippen LogP contribution in [0, 0.1) is 11.8 Å². The monoisotopic (exact) mass is 1420 g/mol. The Morgan fingerprint density at radius 3 is 1.36 bits per heavy atom. The molecule has 2 aliphatic heterocycles. The number of hydrogen-bond acceptors (Lipinski definition) is 6. The van der Waals surface area contributed by atoms with Gasteiger partial charge in [0.15, 0.2) is 11.6 Å². The van der Waals surface area contributed by atoms with Gasteiger partial charge in [0.2, 0.25) is 0 Å². The second kappa shape index (κ2) is 25.5. The molecule has 3 unspecified atom stereocenters. The number of benzene rings is 15. The number of nitrogens with zero attached hydrogens (tertiary/aromatic N) is 4. The van der Waals surface area contributed by atoms with Gasteiger partial charge >= 0.3 is 0 Å². The van der Waals surface area contributed by atoms with Gasteiger partial charge in [-0.25, -0.2) is 19.9 Å². The van der Waals surface area contributed by atoms with Crippen LogP contribution in [0.1, 0.15) is 45.9 Å². The summed E-state index contributed by atoms with van der Waals surface area (Å²) in [6.07, 6.45) is 6.75. The second-order valence-electron chi connectivity index (χ2n) is 29.8. The highest BCUT2D eigenvalue weighted by Gasteiger charge is 2.58. The Morgan fingerprint density at radius 1 is 0.261 bits per heavy atom. The van der Waals surface area contributed by atoms with Gasteiger partial charge in [0.1, 0.15) is 23.0 Å². The van der Waals surface area contributed by atoms with Crippen LogP contribution < -0.4 is 9.47 Å². The normalized spacial score (nSPS) is 16.1. The summed E-state index contributed by atoms with van der Waals surface area (Å²) in [6.45, 7) is 2.36. The first kappa shape index (κ1) is 64.0. The van der Waals surface area contributed by atoms with Crippen LogP contribution in [0.5, 0.6) is 17.2 Å². The zero-order valence-electron chi connectivity index (χ0n) is 60.6. The number of para-hydroxylation sites is 3. The fraction of sp³-hybridized carbons (Fsp3) is 0.0476. The maximum atomic E-state index is 7.54. The lowest BCUT2D eigenvalue weighted by Crippen LogP contribution is -2.45. The minimum absolute atomic E-state index is 0.0903. The summed E-state index contributed by atoms with van der Waals surface area (Å²) in [5.74, 6) is 4.79. The van der Waals surface area contributed by atoms with Crippen molar-refractivity contribution in [2.75, 3.05) is 0 Å². The molecular weight excluding hydrogens is 1350 g/mol. The minimum Gasteiger partial charge on any atom is -0.460 e. The van der Waals surface area contributed by atoms with Crippen molar-refractivity contribution in [2.45, 2.75) is 17.8 Å². The lowest BCUT2D eigenvalue weighted by molar-refractivity contribution is 0.217. The van der Waals surface area contributed by atoms with Gasteiger partial charge in [-0.2, -0.15) is 0 Å². The second-order valence-corrected chi connectivity index (χ2v) is 29.8. The first-order valence-electron chi connectivity index (χ1n) is 38.3. The number of rotatable bonds is 10. The number of fused-ring (bicyclic) bond motifs is 19. The Labute approximate surface area is 644 Å². The van der Waals surface area contributed by atoms with Crippen LogP contribution in [0.15, 0.2) is 388 Å². The van der Waals surface area contributed by atoms with E-state index in [0.29, 0.717) is 11.6 Å². The van der Waals surface area contributed by atoms with E-state index in [2.05, 4.69) is 371 Å². The van der Waals surface area contributed by atoms with Crippen LogP contribution in [0.3, 0.4) is 0 Å². The lowest BCUT2D eigenvalue weighted by atomic mass is 9.57. The molecule has 6 heteroatoms. The summed E-state index contributed by atoms with van der Waals surface area (Å²) in [5, 5.41) is 2.34. The van der Waals surface area contributed by atoms with Crippen LogP contribution >= 0.6 is 0 Å². The fourth-order valence-corrected chi connectivity index (χ4v) is 18.9. The van der Waals surface area contributed by atoms with Crippen molar-refractivity contribution >= 4 is 10.8 Å². The summed E-state index contributed by atoms with van der Waals surface area (Å²) in [4.78, 5) is 21.8. The van der Waals surface area contributed by atoms with E-state index in [-0.39, 0.29) is 11.8 Å². The molecule has 6 nitrogen and oxygen atoms in total. The zero-order valence-corrected chi connectivity index (χ0v) is 60.6. The van der Waals surface area contributed by atoms with Gasteiger partial charge in [0.05, 0.1) is 33.6 Å². The number of hydrogen-bond donors (Lipinski definition) is 0. The number of ether oxygens (including phenoxy) is 2. The molecule has 0 fully saturated rings. The standard InChI is InChI=1S/C105H68N4O2/c1-65-25-20-50-98-99(65)105(91-48-24-42-80(101(91)111-98)73-33-21-34-75(60-73)93-63-94(107-102(106-93)69-29-6-3-7-30-69)77-56-53-67-28-8-9-31-71(67)59-77)88-45-17-14-39-83(88)84-58-57-74(62-92(84)105)78-36-10-11-40-85(78)96-64-95(108-103(109-96)70-54-51-68(52-55-70)66-26-4-2-5-27-66)76-35-22-32-72(61-76)79-41-23-47-90-100(79)110-97-49-19-18-46-89(97)104(90)86-43-15-12-37-81(86)82-38-13-16-44-87(82)104/h2-65,99H,1H3. The molecular formula is C105H68N4O2. The molecule has 5 aliphatic rings. The Kier molecular flexibility index (Phi) is 14.7. The zero-order chi connectivity index (χ0) is 73.3. The van der Waals surface area contributed by atoms with Gasteiger partial charge < -0.3 is 9.47 Å². The van der Waals surface area contributed by atoms with Gasteiger partial charge in [-0.05, 0) is 143 Å². The van der Waals surface area contributed by atoms with Crippen molar-refractivity contribution in [3.8, 4) is 152 Å². The van der Waals surface area contributed by atoms with E-state index in [1.165, 1.54) is 49.9 Å². The maximum Gasteiger partial charge on any atom is 0.160 e. The van der Waals surface area contributed by atoms with E-state index in [0.717, 1.165) is 146 Å². The third kappa shape index (κ3) is 10.0. The summed E-state index contributed by atoms with van der Waals surface area (Å²) in [7, 11) is 0. The summed E-state index contributed by atoms with van der Waals surface area (Å²) in [6, 6.07) is 131. The van der Waals surface area contributed by atoms with Gasteiger partial charge in [0.25, 0.3) is 0 Å². The van der Waals surface area contributed by atoms with E-state index in [1.807, 2.05) is 18.2 Å². The molecule has 111 heavy (non-hydrogen) atoms. The predicted octanol–water partition coefficient (Wildman–Crippen LogP) is 26.0. The summed E-state index contributed by atoms with van der Waals surface area (Å²) in [5.41, 5.74) is 29.6. The van der Waals surface area contributed by atoms with Crippen molar-refractivity contribution < 1.29 is 9.47 Å². The summed E-state index contributed by atoms with van der Waals surface area (Å²) < 4.78 is 14.8. The maximum absolute atomic E-state index is 7.54. The van der Waals surface area contributed by atoms with Crippen LogP contribution in [0.2, 0.25) is 0 Å². The van der Waals surface area contributed by atoms with E-state index in [4.69, 9.17) is 29.4 Å². The quantitative estimate of drug-likeness (QED) is 0.136. The van der Waals surface area contributed by atoms with Gasteiger partial charge in [-0.15, -0.1) is 0 Å². The molecule has 2 aromatic heterocycles. The fourth-order valence-electron chi connectivity index (χ4n) is 18.9. The Hall–Kier alpha value is -14.2. The molecule has 3 aliphatic carbocycles. The van der Waals surface area contributed by atoms with Gasteiger partial charge in [-0.1, -0.05) is 341 Å². The molecule has 3 atom stereocenters. The molecule has 2 spiro atoms. The largest absolute Gasteiger partial charge is 0.460 e. The van der Waals surface area contributed by atoms with Crippen LogP contribution in [0.4, 0.5) is 0 Å². The Morgan fingerprint density at radius 2 is 0.685 bits per heavy atom. The molecule has 15 aromatic carbocycles. The van der Waals surface area contributed by atoms with E-state index < -0.39 is 10.8 Å². The van der Waals surface area contributed by atoms with Crippen molar-refractivity contribution in [3.63, 3.8) is 0 Å². The molecule has 0 bridgehead atoms. The Bertz CT molecular complexity index is 6710. The average Bonchev–Trinajstić information content (AvgIpc) is 1.55. The van der Waals surface area contributed by atoms with Crippen molar-refractivity contribution in [1.29, 1.82) is 0 Å². The molecule has 0 radical (unpaired) electrons. The first-order chi connectivity index (χ1) is 54.9. The minimum atomic E-state index is -0.689. The van der Waals surface area contributed by atoms with Gasteiger partial charge in [-0.3, -0.25) is 0 Å². The lowest BCUT2D eigenvalue weighted by Gasteiger charge is -2.48. The highest BCUT2D eigenvalue weighted by molar-refractivity contribution is 5.95. The first-order valence-corrected chi connectivity index (χ1v) is 38.3. The van der Waals surface area contributed by atoms with E-state index in [1.54, 1.807) is 0 Å². The van der Waals surface area contributed by atoms with Crippen molar-refractivity contribution in [3.05, 3.63) is 427 Å². The van der Waals surface area contributed by atoms with Crippen LogP contribution in [0.25, 0.3) is 145 Å². The predicted molar refractivity (Wildman–Crippen MR) is 449 cm³/mol. The van der Waals surface area contributed by atoms with Gasteiger partial charge in [0, 0.05) is 67.1 Å². The molecule has 22 rings (SSSR count). The molecule has 0 saturated carbocycles. The van der Waals surface area contributed by atoms with Crippen molar-refractivity contribution in [2.24, 2.45) is 11.8 Å². The van der Waals surface area contributed by atoms with Crippen LogP contribution in [-0.4, -0.2) is 19.9 Å². The van der Waals surface area contributed by atoms with E-state index in [9.17, 15) is 0 Å². The average molecular weight is 1420 g/mol. The third-order valence-corrected chi connectivity index (χ3v) is 23.8. The Balaban J connectivity index is 0.688. The molecule has 0 saturated heterocycles. The highest BCUT2D eigenvalue weighted by atomic mass is 16.5. The van der Waals surface area contributed by atoms with Crippen molar-refractivity contribution in [1.82, 2.24) is 19.9 Å². The molecule has 0 amide bonds. The number of aromatic nitrogens is 4. The third-order valence-electron chi connectivity index (χ3n) is 23.8. The SMILES string of the molecule is CC1C=CC=C2Oc3c(-c4cccc(-c5cc(-c6ccc7ccccc7c6)nc(-c6ccccc6)n5)c4)cccc3C3(c4ccccc4-c4ccc(-c5ccccc5-c5cc(-c6cccc(-c7cccc8c7Oc7ccccc7C87c8ccccc8-c8ccccc87)c6)nc(-c6ccc(-c7ccccc7)cc6)n5)cc43)C21. The topological polar surface area (TPSA) is 70.0 Å². The molecule has 17 aromatic rings. The highest BCUT2D eigenvalue weighted by Crippen LogP contribution is 2.67. The smallest absolute Gasteiger partial charge is 0.160 e. The molecule has 4 heterocycles. The summed E-state index contributed by atoms with van der Waals surface area (Å²) >= 11 is 0. The molecule has 520 valence electrons. The number of allylic oxidation sites excluding steroid dienone is 4. The molecule has 0 N–H and O–H groups in total. The van der Waals surface area contributed by atoms with Crippen LogP contribution in [-0.2, 0) is 10.8 Å².